The minimum atomic E-state index is 0.359. The fourth-order valence-electron chi connectivity index (χ4n) is 3.73. The summed E-state index contributed by atoms with van der Waals surface area (Å²) in [4.78, 5) is 11.7. The molecule has 0 aliphatic carbocycles. The Balaban J connectivity index is 2.05. The second-order valence-electron chi connectivity index (χ2n) is 8.33. The zero-order valence-electron chi connectivity index (χ0n) is 20.3. The van der Waals surface area contributed by atoms with Crippen LogP contribution in [0.3, 0.4) is 0 Å². The van der Waals surface area contributed by atoms with Crippen LogP contribution in [0.2, 0.25) is 0 Å². The molecule has 0 amide bonds. The van der Waals surface area contributed by atoms with E-state index in [2.05, 4.69) is 54.3 Å². The third-order valence-corrected chi connectivity index (χ3v) is 6.10. The van der Waals surface area contributed by atoms with Crippen LogP contribution in [0.5, 0.6) is 0 Å². The van der Waals surface area contributed by atoms with Crippen LogP contribution >= 0.6 is 11.3 Å². The Bertz CT molecular complexity index is 1100. The third kappa shape index (κ3) is 6.48. The Morgan fingerprint density at radius 2 is 1.94 bits per heavy atom. The van der Waals surface area contributed by atoms with E-state index in [9.17, 15) is 0 Å². The highest BCUT2D eigenvalue weighted by atomic mass is 32.1. The number of rotatable bonds is 11. The lowest BCUT2D eigenvalue weighted by atomic mass is 10.0. The monoisotopic (exact) mass is 462 g/mol. The molecule has 0 unspecified atom stereocenters. The van der Waals surface area contributed by atoms with Gasteiger partial charge in [0.2, 0.25) is 0 Å². The number of anilines is 1. The molecule has 174 valence electrons. The molecule has 0 aliphatic rings. The van der Waals surface area contributed by atoms with E-state index in [4.69, 9.17) is 9.97 Å². The minimum absolute atomic E-state index is 0.359. The number of hydrogen-bond acceptors (Lipinski definition) is 7. The molecule has 0 aliphatic heterocycles. The van der Waals surface area contributed by atoms with Gasteiger partial charge in [-0.15, -0.1) is 10.2 Å². The standard InChI is InChI=1S/C26H34N6S/c1-7-11-22(12-8-2)28-25-23(26-31-30-18(4)33-26)16-27-24(29-25)21-14-10-13-20(15-21)19(9-3)17-32(5)6/h9-10,13-17,22H,3,7-8,11-12H2,1-2,4-6H3,(H,27,28,29)/b19-17+. The van der Waals surface area contributed by atoms with Gasteiger partial charge < -0.3 is 10.2 Å². The molecule has 0 fully saturated rings. The molecule has 0 spiro atoms. The topological polar surface area (TPSA) is 66.8 Å². The summed E-state index contributed by atoms with van der Waals surface area (Å²) in [5.74, 6) is 1.51. The van der Waals surface area contributed by atoms with E-state index < -0.39 is 0 Å². The molecule has 0 saturated heterocycles. The van der Waals surface area contributed by atoms with Gasteiger partial charge in [-0.05, 0) is 37.0 Å². The molecule has 3 aromatic rings. The molecule has 3 rings (SSSR count). The molecule has 2 aromatic heterocycles. The van der Waals surface area contributed by atoms with Crippen LogP contribution in [0.15, 0.2) is 49.3 Å². The Kier molecular flexibility index (Phi) is 8.72. The van der Waals surface area contributed by atoms with Crippen LogP contribution in [-0.2, 0) is 0 Å². The lowest BCUT2D eigenvalue weighted by molar-refractivity contribution is 0.566. The van der Waals surface area contributed by atoms with Crippen molar-refractivity contribution >= 4 is 22.7 Å². The van der Waals surface area contributed by atoms with Crippen molar-refractivity contribution in [2.24, 2.45) is 0 Å². The van der Waals surface area contributed by atoms with Crippen molar-refractivity contribution in [3.8, 4) is 22.0 Å². The first kappa shape index (κ1) is 24.6. The smallest absolute Gasteiger partial charge is 0.161 e. The van der Waals surface area contributed by atoms with Crippen LogP contribution in [0.1, 0.15) is 50.1 Å². The summed E-state index contributed by atoms with van der Waals surface area (Å²) in [7, 11) is 4.01. The van der Waals surface area contributed by atoms with E-state index in [1.165, 1.54) is 0 Å². The Hall–Kier alpha value is -3.06. The molecule has 0 saturated carbocycles. The van der Waals surface area contributed by atoms with Gasteiger partial charge >= 0.3 is 0 Å². The second-order valence-corrected chi connectivity index (χ2v) is 9.52. The van der Waals surface area contributed by atoms with Crippen molar-refractivity contribution in [1.29, 1.82) is 0 Å². The molecule has 0 atom stereocenters. The molecule has 7 heteroatoms. The second kappa shape index (κ2) is 11.7. The van der Waals surface area contributed by atoms with Gasteiger partial charge in [-0.2, -0.15) is 0 Å². The number of nitrogens with one attached hydrogen (secondary N) is 1. The van der Waals surface area contributed by atoms with Gasteiger partial charge in [0.05, 0.1) is 5.56 Å². The van der Waals surface area contributed by atoms with Gasteiger partial charge in [0, 0.05) is 38.1 Å². The van der Waals surface area contributed by atoms with Crippen LogP contribution in [-0.4, -0.2) is 45.2 Å². The van der Waals surface area contributed by atoms with Crippen molar-refractivity contribution in [3.63, 3.8) is 0 Å². The van der Waals surface area contributed by atoms with Crippen molar-refractivity contribution in [1.82, 2.24) is 25.1 Å². The van der Waals surface area contributed by atoms with Gasteiger partial charge in [0.15, 0.2) is 10.8 Å². The van der Waals surface area contributed by atoms with E-state index in [0.29, 0.717) is 11.9 Å². The molecule has 2 heterocycles. The molecule has 0 radical (unpaired) electrons. The molecule has 33 heavy (non-hydrogen) atoms. The Morgan fingerprint density at radius 3 is 2.55 bits per heavy atom. The first-order valence-electron chi connectivity index (χ1n) is 11.5. The summed E-state index contributed by atoms with van der Waals surface area (Å²) in [5, 5.41) is 14.0. The Morgan fingerprint density at radius 1 is 1.18 bits per heavy atom. The van der Waals surface area contributed by atoms with E-state index in [1.807, 2.05) is 50.3 Å². The first-order valence-corrected chi connectivity index (χ1v) is 12.3. The van der Waals surface area contributed by atoms with Crippen LogP contribution in [0.25, 0.3) is 27.5 Å². The van der Waals surface area contributed by atoms with Gasteiger partial charge in [0.25, 0.3) is 0 Å². The molecule has 6 nitrogen and oxygen atoms in total. The quantitative estimate of drug-likeness (QED) is 0.331. The van der Waals surface area contributed by atoms with Gasteiger partial charge in [-0.1, -0.05) is 68.9 Å². The number of nitrogens with zero attached hydrogens (tertiary/aromatic N) is 5. The van der Waals surface area contributed by atoms with E-state index in [-0.39, 0.29) is 0 Å². The SMILES string of the molecule is C=C/C(=C\N(C)C)c1cccc(-c2ncc(-c3nnc(C)s3)c(NC(CCC)CCC)n2)c1. The fraction of sp³-hybridized carbons (Fsp3) is 0.385. The highest BCUT2D eigenvalue weighted by molar-refractivity contribution is 7.14. The minimum Gasteiger partial charge on any atom is -0.383 e. The fourth-order valence-corrected chi connectivity index (χ4v) is 4.44. The van der Waals surface area contributed by atoms with Gasteiger partial charge in [-0.3, -0.25) is 0 Å². The normalized spacial score (nSPS) is 11.6. The predicted molar refractivity (Wildman–Crippen MR) is 140 cm³/mol. The maximum Gasteiger partial charge on any atom is 0.161 e. The average molecular weight is 463 g/mol. The number of allylic oxidation sites excluding steroid dienone is 2. The zero-order chi connectivity index (χ0) is 23.8. The number of aryl methyl sites for hydroxylation is 1. The van der Waals surface area contributed by atoms with Crippen molar-refractivity contribution < 1.29 is 0 Å². The first-order chi connectivity index (χ1) is 15.9. The van der Waals surface area contributed by atoms with E-state index in [1.54, 1.807) is 11.3 Å². The van der Waals surface area contributed by atoms with E-state index in [0.717, 1.165) is 63.8 Å². The number of benzene rings is 1. The molecular formula is C26H34N6S. The summed E-state index contributed by atoms with van der Waals surface area (Å²) in [5.41, 5.74) is 3.99. The van der Waals surface area contributed by atoms with Crippen LogP contribution in [0.4, 0.5) is 5.82 Å². The summed E-state index contributed by atoms with van der Waals surface area (Å²) in [6.07, 6.45) is 10.2. The summed E-state index contributed by atoms with van der Waals surface area (Å²) in [6, 6.07) is 8.63. The zero-order valence-corrected chi connectivity index (χ0v) is 21.1. The van der Waals surface area contributed by atoms with Crippen molar-refractivity contribution in [3.05, 3.63) is 59.9 Å². The summed E-state index contributed by atoms with van der Waals surface area (Å²) < 4.78 is 0. The average Bonchev–Trinajstić information content (AvgIpc) is 3.23. The number of hydrogen-bond donors (Lipinski definition) is 1. The van der Waals surface area contributed by atoms with Crippen molar-refractivity contribution in [2.75, 3.05) is 19.4 Å². The number of aromatic nitrogens is 4. The highest BCUT2D eigenvalue weighted by Gasteiger charge is 2.17. The van der Waals surface area contributed by atoms with Gasteiger partial charge in [0.1, 0.15) is 10.8 Å². The third-order valence-electron chi connectivity index (χ3n) is 5.23. The summed E-state index contributed by atoms with van der Waals surface area (Å²) >= 11 is 1.56. The summed E-state index contributed by atoms with van der Waals surface area (Å²) in [6.45, 7) is 10.4. The Labute approximate surface area is 201 Å². The highest BCUT2D eigenvalue weighted by Crippen LogP contribution is 2.32. The van der Waals surface area contributed by atoms with E-state index >= 15 is 0 Å². The molecule has 1 aromatic carbocycles. The van der Waals surface area contributed by atoms with Gasteiger partial charge in [-0.25, -0.2) is 9.97 Å². The molecular weight excluding hydrogens is 428 g/mol. The molecule has 0 bridgehead atoms. The molecule has 1 N–H and O–H groups in total. The van der Waals surface area contributed by atoms with Crippen LogP contribution < -0.4 is 5.32 Å². The maximum absolute atomic E-state index is 4.98. The van der Waals surface area contributed by atoms with Crippen molar-refractivity contribution in [2.45, 2.75) is 52.5 Å². The lowest BCUT2D eigenvalue weighted by Gasteiger charge is -2.20. The maximum atomic E-state index is 4.98. The largest absolute Gasteiger partial charge is 0.383 e. The van der Waals surface area contributed by atoms with Crippen LogP contribution in [0, 0.1) is 6.92 Å². The lowest BCUT2D eigenvalue weighted by Crippen LogP contribution is -2.20. The predicted octanol–water partition coefficient (Wildman–Crippen LogP) is 6.44.